The monoisotopic (exact) mass is 313 g/mol. The molecule has 3 rings (SSSR count). The standard InChI is InChI=1S/C16H15N3O4/c1-3-23-14(21)13(20)19-9-16(8-12(19)17-2)10-6-4-5-7-11(10)18-15(16)22/h4-7,12H,3,8-9H2,1H3,(H,18,22)/t12-,16-/m0/s1. The molecule has 7 heteroatoms. The zero-order valence-corrected chi connectivity index (χ0v) is 12.5. The molecule has 0 aliphatic carbocycles. The summed E-state index contributed by atoms with van der Waals surface area (Å²) in [5.41, 5.74) is 0.470. The minimum atomic E-state index is -0.995. The van der Waals surface area contributed by atoms with Crippen molar-refractivity contribution >= 4 is 23.5 Å². The van der Waals surface area contributed by atoms with Crippen LogP contribution >= 0.6 is 0 Å². The Morgan fingerprint density at radius 1 is 1.48 bits per heavy atom. The summed E-state index contributed by atoms with van der Waals surface area (Å²) in [4.78, 5) is 41.0. The lowest BCUT2D eigenvalue weighted by Gasteiger charge is -2.20. The van der Waals surface area contributed by atoms with Gasteiger partial charge in [-0.2, -0.15) is 0 Å². The largest absolute Gasteiger partial charge is 0.459 e. The molecule has 2 heterocycles. The first-order valence-corrected chi connectivity index (χ1v) is 7.28. The van der Waals surface area contributed by atoms with Crippen LogP contribution in [0.1, 0.15) is 18.9 Å². The van der Waals surface area contributed by atoms with Gasteiger partial charge in [0.15, 0.2) is 0 Å². The van der Waals surface area contributed by atoms with Crippen molar-refractivity contribution in [1.82, 2.24) is 4.90 Å². The van der Waals surface area contributed by atoms with Crippen LogP contribution in [0.3, 0.4) is 0 Å². The van der Waals surface area contributed by atoms with Crippen molar-refractivity contribution in [2.45, 2.75) is 24.9 Å². The molecule has 1 aromatic rings. The third-order valence-corrected chi connectivity index (χ3v) is 4.32. The van der Waals surface area contributed by atoms with Crippen molar-refractivity contribution in [1.29, 1.82) is 0 Å². The van der Waals surface area contributed by atoms with Crippen LogP contribution in [0, 0.1) is 6.57 Å². The summed E-state index contributed by atoms with van der Waals surface area (Å²) in [6.45, 7) is 8.99. The highest BCUT2D eigenvalue weighted by molar-refractivity contribution is 6.32. The number of nitrogens with zero attached hydrogens (tertiary/aromatic N) is 2. The van der Waals surface area contributed by atoms with E-state index < -0.39 is 23.5 Å². The number of ether oxygens (including phenoxy) is 1. The number of esters is 1. The summed E-state index contributed by atoms with van der Waals surface area (Å²) < 4.78 is 4.72. The van der Waals surface area contributed by atoms with Gasteiger partial charge in [0.2, 0.25) is 5.91 Å². The number of fused-ring (bicyclic) bond motifs is 2. The molecule has 1 saturated heterocycles. The van der Waals surface area contributed by atoms with Gasteiger partial charge in [-0.25, -0.2) is 11.4 Å². The van der Waals surface area contributed by atoms with Gasteiger partial charge in [0.05, 0.1) is 13.0 Å². The Hall–Kier alpha value is -2.88. The lowest BCUT2D eigenvalue weighted by molar-refractivity contribution is -0.160. The smallest absolute Gasteiger partial charge is 0.397 e. The number of carbonyl (C=O) groups is 3. The van der Waals surface area contributed by atoms with E-state index in [0.29, 0.717) is 5.69 Å². The van der Waals surface area contributed by atoms with Crippen molar-refractivity contribution in [3.63, 3.8) is 0 Å². The second kappa shape index (κ2) is 5.39. The van der Waals surface area contributed by atoms with Gasteiger partial charge in [-0.15, -0.1) is 0 Å². The first-order chi connectivity index (χ1) is 11.0. The first kappa shape index (κ1) is 15.0. The zero-order valence-electron chi connectivity index (χ0n) is 12.5. The summed E-state index contributed by atoms with van der Waals surface area (Å²) in [6.07, 6.45) is -0.686. The molecule has 1 spiro atoms. The maximum atomic E-state index is 12.5. The molecule has 0 aromatic heterocycles. The van der Waals surface area contributed by atoms with Crippen molar-refractivity contribution in [3.8, 4) is 0 Å². The highest BCUT2D eigenvalue weighted by Crippen LogP contribution is 2.46. The van der Waals surface area contributed by atoms with E-state index in [1.165, 1.54) is 0 Å². The molecular weight excluding hydrogens is 298 g/mol. The minimum absolute atomic E-state index is 0.000537. The molecule has 0 radical (unpaired) electrons. The predicted molar refractivity (Wildman–Crippen MR) is 80.1 cm³/mol. The van der Waals surface area contributed by atoms with Crippen LogP contribution < -0.4 is 5.32 Å². The van der Waals surface area contributed by atoms with Gasteiger partial charge < -0.3 is 10.1 Å². The van der Waals surface area contributed by atoms with Crippen LogP contribution in [0.2, 0.25) is 0 Å². The summed E-state index contributed by atoms with van der Waals surface area (Å²) in [7, 11) is 0. The van der Waals surface area contributed by atoms with Crippen molar-refractivity contribution in [3.05, 3.63) is 41.2 Å². The summed E-state index contributed by atoms with van der Waals surface area (Å²) in [6, 6.07) is 7.21. The van der Waals surface area contributed by atoms with Crippen molar-refractivity contribution < 1.29 is 19.1 Å². The maximum absolute atomic E-state index is 12.5. The van der Waals surface area contributed by atoms with Crippen LogP contribution in [0.25, 0.3) is 4.85 Å². The summed E-state index contributed by atoms with van der Waals surface area (Å²) >= 11 is 0. The van der Waals surface area contributed by atoms with E-state index in [9.17, 15) is 14.4 Å². The fraction of sp³-hybridized carbons (Fsp3) is 0.375. The molecule has 2 aliphatic rings. The number of nitrogens with one attached hydrogen (secondary N) is 1. The fourth-order valence-corrected chi connectivity index (χ4v) is 3.25. The lowest BCUT2D eigenvalue weighted by Crippen LogP contribution is -2.43. The Kier molecular flexibility index (Phi) is 3.52. The highest BCUT2D eigenvalue weighted by Gasteiger charge is 2.59. The maximum Gasteiger partial charge on any atom is 0.397 e. The van der Waals surface area contributed by atoms with Crippen molar-refractivity contribution in [2.24, 2.45) is 0 Å². The Morgan fingerprint density at radius 2 is 2.22 bits per heavy atom. The van der Waals surface area contributed by atoms with Crippen LogP contribution in [0.4, 0.5) is 5.69 Å². The molecule has 2 amide bonds. The van der Waals surface area contributed by atoms with Gasteiger partial charge in [0.1, 0.15) is 5.41 Å². The van der Waals surface area contributed by atoms with Crippen molar-refractivity contribution in [2.75, 3.05) is 18.5 Å². The van der Waals surface area contributed by atoms with Crippen LogP contribution in [-0.2, 0) is 24.5 Å². The van der Waals surface area contributed by atoms with Crippen LogP contribution in [0.5, 0.6) is 0 Å². The molecule has 1 fully saturated rings. The van der Waals surface area contributed by atoms with Gasteiger partial charge in [0, 0.05) is 12.2 Å². The number of rotatable bonds is 1. The summed E-state index contributed by atoms with van der Waals surface area (Å²) in [5.74, 6) is -2.11. The molecule has 2 atom stereocenters. The van der Waals surface area contributed by atoms with Gasteiger partial charge >= 0.3 is 18.0 Å². The quantitative estimate of drug-likeness (QED) is 0.475. The minimum Gasteiger partial charge on any atom is -0.459 e. The Balaban J connectivity index is 1.96. The van der Waals surface area contributed by atoms with Crippen LogP contribution in [0.15, 0.2) is 24.3 Å². The third kappa shape index (κ3) is 2.14. The average Bonchev–Trinajstić information content (AvgIpc) is 3.07. The Labute approximate surface area is 133 Å². The number of anilines is 1. The number of amides is 2. The second-order valence-electron chi connectivity index (χ2n) is 5.55. The molecular formula is C16H15N3O4. The Bertz CT molecular complexity index is 739. The third-order valence-electron chi connectivity index (χ3n) is 4.32. The number of likely N-dealkylation sites (tertiary alicyclic amines) is 1. The molecule has 2 aliphatic heterocycles. The molecule has 0 saturated carbocycles. The van der Waals surface area contributed by atoms with E-state index >= 15 is 0 Å². The number of para-hydroxylation sites is 1. The van der Waals surface area contributed by atoms with Gasteiger partial charge in [0.25, 0.3) is 0 Å². The van der Waals surface area contributed by atoms with Gasteiger partial charge in [-0.3, -0.25) is 19.3 Å². The number of hydrogen-bond acceptors (Lipinski definition) is 4. The highest BCUT2D eigenvalue weighted by atomic mass is 16.5. The zero-order chi connectivity index (χ0) is 16.6. The number of benzene rings is 1. The second-order valence-corrected chi connectivity index (χ2v) is 5.55. The number of carbonyl (C=O) groups excluding carboxylic acids is 3. The molecule has 1 N–H and O–H groups in total. The van der Waals surface area contributed by atoms with Gasteiger partial charge in [-0.05, 0) is 18.6 Å². The molecule has 23 heavy (non-hydrogen) atoms. The molecule has 0 bridgehead atoms. The topological polar surface area (TPSA) is 80.1 Å². The fourth-order valence-electron chi connectivity index (χ4n) is 3.25. The molecule has 0 unspecified atom stereocenters. The molecule has 118 valence electrons. The SMILES string of the molecule is [C-]#[N+][C@@H]1C[C@@]2(CN1C(=O)C(=O)OCC)C(=O)Nc1ccccc12. The van der Waals surface area contributed by atoms with Gasteiger partial charge in [-0.1, -0.05) is 18.2 Å². The normalized spacial score (nSPS) is 25.0. The van der Waals surface area contributed by atoms with E-state index in [2.05, 4.69) is 10.2 Å². The number of hydrogen-bond donors (Lipinski definition) is 1. The molecule has 1 aromatic carbocycles. The lowest BCUT2D eigenvalue weighted by atomic mass is 9.80. The van der Waals surface area contributed by atoms with Crippen LogP contribution in [-0.4, -0.2) is 42.0 Å². The Morgan fingerprint density at radius 3 is 2.91 bits per heavy atom. The molecule has 7 nitrogen and oxygen atoms in total. The predicted octanol–water partition coefficient (Wildman–Crippen LogP) is 0.917. The van der Waals surface area contributed by atoms with E-state index in [4.69, 9.17) is 11.3 Å². The van der Waals surface area contributed by atoms with E-state index in [1.807, 2.05) is 12.1 Å². The average molecular weight is 313 g/mol. The van der Waals surface area contributed by atoms with E-state index in [-0.39, 0.29) is 25.5 Å². The van der Waals surface area contributed by atoms with E-state index in [0.717, 1.165) is 10.5 Å². The summed E-state index contributed by atoms with van der Waals surface area (Å²) in [5, 5.41) is 2.79. The first-order valence-electron chi connectivity index (χ1n) is 7.28. The van der Waals surface area contributed by atoms with E-state index in [1.54, 1.807) is 19.1 Å².